The minimum absolute atomic E-state index is 0.140. The number of nitrogens with one attached hydrogen (secondary N) is 1. The maximum absolute atomic E-state index is 12.6. The van der Waals surface area contributed by atoms with Crippen LogP contribution in [-0.4, -0.2) is 60.1 Å². The smallest absolute Gasteiger partial charge is 0.361 e. The first-order chi connectivity index (χ1) is 12.2. The summed E-state index contributed by atoms with van der Waals surface area (Å²) in [5, 5.41) is 1.15. The van der Waals surface area contributed by atoms with Crippen molar-refractivity contribution in [1.82, 2.24) is 14.8 Å². The molecule has 7 heteroatoms. The summed E-state index contributed by atoms with van der Waals surface area (Å²) in [7, 11) is 3.14. The number of aromatic nitrogens is 1. The van der Waals surface area contributed by atoms with E-state index >= 15 is 0 Å². The Bertz CT molecular complexity index is 899. The lowest BCUT2D eigenvalue weighted by atomic mass is 9.79. The number of carbonyl (C=O) groups excluding carboxylic acids is 1. The number of alkyl halides is 3. The van der Waals surface area contributed by atoms with E-state index in [0.717, 1.165) is 33.4 Å². The van der Waals surface area contributed by atoms with E-state index in [2.05, 4.69) is 9.88 Å². The zero-order chi connectivity index (χ0) is 18.6. The zero-order valence-electron chi connectivity index (χ0n) is 14.6. The predicted octanol–water partition coefficient (Wildman–Crippen LogP) is 3.06. The van der Waals surface area contributed by atoms with E-state index in [4.69, 9.17) is 0 Å². The number of hydrogen-bond donors (Lipinski definition) is 1. The van der Waals surface area contributed by atoms with Gasteiger partial charge >= 0.3 is 6.18 Å². The molecule has 138 valence electrons. The maximum Gasteiger partial charge on any atom is 0.406 e. The number of H-pyrrole nitrogens is 1. The van der Waals surface area contributed by atoms with Crippen molar-refractivity contribution in [2.75, 3.05) is 27.2 Å². The second kappa shape index (κ2) is 5.87. The van der Waals surface area contributed by atoms with Crippen molar-refractivity contribution < 1.29 is 18.0 Å². The second-order valence-corrected chi connectivity index (χ2v) is 7.24. The monoisotopic (exact) mass is 363 g/mol. The Labute approximate surface area is 149 Å². The van der Waals surface area contributed by atoms with Crippen molar-refractivity contribution in [1.29, 1.82) is 0 Å². The summed E-state index contributed by atoms with van der Waals surface area (Å²) in [6.45, 7) is -0.804. The van der Waals surface area contributed by atoms with E-state index in [0.29, 0.717) is 6.54 Å². The first kappa shape index (κ1) is 17.1. The van der Waals surface area contributed by atoms with Gasteiger partial charge in [0.05, 0.1) is 5.92 Å². The molecule has 1 amide bonds. The maximum atomic E-state index is 12.6. The minimum Gasteiger partial charge on any atom is -0.361 e. The van der Waals surface area contributed by atoms with Gasteiger partial charge in [0.25, 0.3) is 0 Å². The minimum atomic E-state index is -4.39. The molecule has 4 rings (SSSR count). The molecular weight excluding hydrogens is 343 g/mol. The van der Waals surface area contributed by atoms with Crippen LogP contribution in [0.25, 0.3) is 16.5 Å². The van der Waals surface area contributed by atoms with Gasteiger partial charge in [0, 0.05) is 36.7 Å². The third kappa shape index (κ3) is 2.80. The Morgan fingerprint density at radius 1 is 1.38 bits per heavy atom. The number of likely N-dealkylation sites (N-methyl/N-ethyl adjacent to an activating group) is 1. The molecule has 0 fully saturated rings. The molecule has 0 saturated carbocycles. The van der Waals surface area contributed by atoms with Crippen LogP contribution in [0.2, 0.25) is 0 Å². The highest BCUT2D eigenvalue weighted by Gasteiger charge is 2.38. The van der Waals surface area contributed by atoms with Gasteiger partial charge in [-0.1, -0.05) is 18.2 Å². The summed E-state index contributed by atoms with van der Waals surface area (Å²) in [6.07, 6.45) is 0.341. The number of aromatic amines is 1. The Morgan fingerprint density at radius 2 is 2.15 bits per heavy atom. The van der Waals surface area contributed by atoms with E-state index in [1.807, 2.05) is 37.5 Å². The van der Waals surface area contributed by atoms with E-state index in [9.17, 15) is 18.0 Å². The summed E-state index contributed by atoms with van der Waals surface area (Å²) in [6, 6.07) is 6.14. The van der Waals surface area contributed by atoms with Gasteiger partial charge in [-0.15, -0.1) is 0 Å². The molecule has 0 bridgehead atoms. The van der Waals surface area contributed by atoms with Crippen LogP contribution in [0.4, 0.5) is 13.2 Å². The fraction of sp³-hybridized carbons (Fsp3) is 0.421. The molecule has 26 heavy (non-hydrogen) atoms. The largest absolute Gasteiger partial charge is 0.406 e. The molecular formula is C19H20F3N3O. The van der Waals surface area contributed by atoms with Gasteiger partial charge in [0.2, 0.25) is 5.91 Å². The molecule has 2 aliphatic rings. The summed E-state index contributed by atoms with van der Waals surface area (Å²) in [4.78, 5) is 18.7. The van der Waals surface area contributed by atoms with Crippen molar-refractivity contribution in [3.63, 3.8) is 0 Å². The van der Waals surface area contributed by atoms with Crippen LogP contribution in [-0.2, 0) is 11.2 Å². The third-order valence-electron chi connectivity index (χ3n) is 5.38. The summed E-state index contributed by atoms with van der Waals surface area (Å²) < 4.78 is 37.9. The van der Waals surface area contributed by atoms with Crippen LogP contribution in [0.5, 0.6) is 0 Å². The van der Waals surface area contributed by atoms with Crippen molar-refractivity contribution in [3.8, 4) is 0 Å². The van der Waals surface area contributed by atoms with Gasteiger partial charge in [-0.2, -0.15) is 13.2 Å². The van der Waals surface area contributed by atoms with E-state index in [1.165, 1.54) is 12.6 Å². The number of fused-ring (bicyclic) bond motifs is 2. The standard InChI is InChI=1S/C19H20F3N3O/c1-24-9-12(18(26)25(2)10-19(20,21)22)6-14-13-4-3-5-15-17(13)11(8-23-15)7-16(14)24/h3-6,8,12,16,23H,7,9-10H2,1-2H3. The molecule has 4 nitrogen and oxygen atoms in total. The molecule has 0 radical (unpaired) electrons. The zero-order valence-corrected chi connectivity index (χ0v) is 14.6. The van der Waals surface area contributed by atoms with E-state index in [1.54, 1.807) is 0 Å². The predicted molar refractivity (Wildman–Crippen MR) is 93.6 cm³/mol. The van der Waals surface area contributed by atoms with Crippen molar-refractivity contribution in [2.24, 2.45) is 5.92 Å². The van der Waals surface area contributed by atoms with Crippen molar-refractivity contribution >= 4 is 22.4 Å². The van der Waals surface area contributed by atoms with Crippen LogP contribution in [0.1, 0.15) is 11.1 Å². The highest BCUT2D eigenvalue weighted by molar-refractivity contribution is 5.99. The average Bonchev–Trinajstić information content (AvgIpc) is 2.98. The molecule has 1 N–H and O–H groups in total. The number of benzene rings is 1. The summed E-state index contributed by atoms with van der Waals surface area (Å²) >= 11 is 0. The van der Waals surface area contributed by atoms with Crippen LogP contribution in [0, 0.1) is 5.92 Å². The number of hydrogen-bond acceptors (Lipinski definition) is 2. The molecule has 0 spiro atoms. The van der Waals surface area contributed by atoms with Gasteiger partial charge in [-0.25, -0.2) is 0 Å². The van der Waals surface area contributed by atoms with Crippen LogP contribution in [0.15, 0.2) is 30.5 Å². The van der Waals surface area contributed by atoms with Crippen LogP contribution < -0.4 is 0 Å². The van der Waals surface area contributed by atoms with Crippen LogP contribution >= 0.6 is 0 Å². The van der Waals surface area contributed by atoms with E-state index < -0.39 is 24.5 Å². The number of amides is 1. The lowest BCUT2D eigenvalue weighted by molar-refractivity contribution is -0.160. The SMILES string of the molecule is CN(CC(F)(F)F)C(=O)C1C=C2c3cccc4[nH]cc(c34)CC2N(C)C1. The van der Waals surface area contributed by atoms with Crippen molar-refractivity contribution in [2.45, 2.75) is 18.6 Å². The second-order valence-electron chi connectivity index (χ2n) is 7.24. The molecule has 2 heterocycles. The first-order valence-corrected chi connectivity index (χ1v) is 8.57. The summed E-state index contributed by atoms with van der Waals surface area (Å²) in [5.74, 6) is -1.07. The van der Waals surface area contributed by atoms with Crippen molar-refractivity contribution in [3.05, 3.63) is 41.6 Å². The molecule has 2 aromatic rings. The Kier molecular flexibility index (Phi) is 3.87. The lowest BCUT2D eigenvalue weighted by Gasteiger charge is -2.40. The molecule has 0 saturated heterocycles. The Balaban J connectivity index is 1.71. The molecule has 2 unspecified atom stereocenters. The molecule has 1 aliphatic carbocycles. The number of rotatable bonds is 2. The Morgan fingerprint density at radius 3 is 2.88 bits per heavy atom. The number of carbonyl (C=O) groups is 1. The average molecular weight is 363 g/mol. The topological polar surface area (TPSA) is 39.3 Å². The van der Waals surface area contributed by atoms with Gasteiger partial charge in [0.1, 0.15) is 6.54 Å². The molecule has 2 atom stereocenters. The van der Waals surface area contributed by atoms with Gasteiger partial charge in [-0.05, 0) is 36.2 Å². The lowest BCUT2D eigenvalue weighted by Crippen LogP contribution is -2.48. The van der Waals surface area contributed by atoms with Gasteiger partial charge in [-0.3, -0.25) is 9.69 Å². The summed E-state index contributed by atoms with van der Waals surface area (Å²) in [5.41, 5.74) is 4.39. The first-order valence-electron chi connectivity index (χ1n) is 8.57. The van der Waals surface area contributed by atoms with E-state index in [-0.39, 0.29) is 6.04 Å². The van der Waals surface area contributed by atoms with Gasteiger partial charge < -0.3 is 9.88 Å². The highest BCUT2D eigenvalue weighted by Crippen LogP contribution is 2.41. The number of nitrogens with zero attached hydrogens (tertiary/aromatic N) is 2. The highest BCUT2D eigenvalue weighted by atomic mass is 19.4. The fourth-order valence-corrected chi connectivity index (χ4v) is 4.24. The third-order valence-corrected chi connectivity index (χ3v) is 5.38. The fourth-order valence-electron chi connectivity index (χ4n) is 4.24. The van der Waals surface area contributed by atoms with Crippen LogP contribution in [0.3, 0.4) is 0 Å². The molecule has 1 aliphatic heterocycles. The number of halogens is 3. The normalized spacial score (nSPS) is 22.9. The quantitative estimate of drug-likeness (QED) is 0.891. The molecule has 1 aromatic carbocycles. The van der Waals surface area contributed by atoms with Gasteiger partial charge in [0.15, 0.2) is 0 Å². The Hall–Kier alpha value is -2.28. The molecule has 1 aromatic heterocycles.